The van der Waals surface area contributed by atoms with Crippen molar-refractivity contribution in [2.24, 2.45) is 11.1 Å². The Morgan fingerprint density at radius 1 is 1.33 bits per heavy atom. The van der Waals surface area contributed by atoms with Crippen molar-refractivity contribution < 1.29 is 22.4 Å². The molecule has 12 heteroatoms. The summed E-state index contributed by atoms with van der Waals surface area (Å²) in [6.45, 7) is 3.94. The molecule has 1 saturated carbocycles. The van der Waals surface area contributed by atoms with Gasteiger partial charge in [0.2, 0.25) is 0 Å². The van der Waals surface area contributed by atoms with E-state index in [1.165, 1.54) is 6.33 Å². The monoisotopic (exact) mass is 474 g/mol. The Labute approximate surface area is 191 Å². The number of nitrogens with one attached hydrogen (secondary N) is 2. The van der Waals surface area contributed by atoms with E-state index in [1.807, 2.05) is 12.1 Å². The lowest BCUT2D eigenvalue weighted by atomic mass is 10.0. The highest BCUT2D eigenvalue weighted by molar-refractivity contribution is 7.84. The van der Waals surface area contributed by atoms with Gasteiger partial charge in [0.05, 0.1) is 18.3 Å². The van der Waals surface area contributed by atoms with E-state index in [0.717, 1.165) is 23.3 Å². The molecule has 33 heavy (non-hydrogen) atoms. The highest BCUT2D eigenvalue weighted by atomic mass is 32.2. The lowest BCUT2D eigenvalue weighted by Gasteiger charge is -2.17. The molecule has 3 heterocycles. The van der Waals surface area contributed by atoms with Gasteiger partial charge >= 0.3 is 10.3 Å². The zero-order valence-electron chi connectivity index (χ0n) is 18.3. The Balaban J connectivity index is 1.39. The minimum absolute atomic E-state index is 0.141. The van der Waals surface area contributed by atoms with Crippen molar-refractivity contribution in [2.75, 3.05) is 11.9 Å². The molecular formula is C21H26N6O5S. The van der Waals surface area contributed by atoms with Crippen LogP contribution in [0.2, 0.25) is 0 Å². The topological polar surface area (TPSA) is 165 Å². The molecule has 1 aromatic carbocycles. The molecule has 1 fully saturated rings. The fourth-order valence-electron chi connectivity index (χ4n) is 4.64. The first kappa shape index (κ1) is 22.0. The maximum Gasteiger partial charge on any atom is 0.333 e. The van der Waals surface area contributed by atoms with Crippen LogP contribution in [-0.2, 0) is 20.9 Å². The van der Waals surface area contributed by atoms with Crippen molar-refractivity contribution in [3.8, 4) is 17.1 Å². The largest absolute Gasteiger partial charge is 0.486 e. The van der Waals surface area contributed by atoms with Crippen molar-refractivity contribution in [3.63, 3.8) is 0 Å². The second-order valence-electron chi connectivity index (χ2n) is 9.25. The SMILES string of the molecule is CC1(C)Cc2cccc(-c3nc4c(N[C@@H]5C[C@@H](COS(N)(=O)=O)[C@@H](O)C5)ncnc4[nH]3)c2O1. The number of aromatic amines is 1. The second kappa shape index (κ2) is 7.90. The Hall–Kier alpha value is -2.80. The lowest BCUT2D eigenvalue weighted by molar-refractivity contribution is 0.101. The number of benzene rings is 1. The number of imidazole rings is 1. The predicted octanol–water partition coefficient (Wildman–Crippen LogP) is 1.50. The first-order valence-corrected chi connectivity index (χ1v) is 12.2. The Kier molecular flexibility index (Phi) is 5.27. The Morgan fingerprint density at radius 2 is 2.15 bits per heavy atom. The van der Waals surface area contributed by atoms with Gasteiger partial charge < -0.3 is 20.1 Å². The van der Waals surface area contributed by atoms with Gasteiger partial charge in [-0.3, -0.25) is 4.18 Å². The third-order valence-corrected chi connectivity index (χ3v) is 6.54. The molecule has 0 radical (unpaired) electrons. The first-order chi connectivity index (χ1) is 15.6. The van der Waals surface area contributed by atoms with Crippen molar-refractivity contribution >= 4 is 27.3 Å². The number of nitrogens with zero attached hydrogens (tertiary/aromatic N) is 3. The maximum absolute atomic E-state index is 11.1. The summed E-state index contributed by atoms with van der Waals surface area (Å²) >= 11 is 0. The second-order valence-corrected chi connectivity index (χ2v) is 10.5. The number of anilines is 1. The van der Waals surface area contributed by atoms with E-state index in [1.54, 1.807) is 0 Å². The zero-order chi connectivity index (χ0) is 23.4. The quantitative estimate of drug-likeness (QED) is 0.414. The van der Waals surface area contributed by atoms with Gasteiger partial charge in [0.25, 0.3) is 0 Å². The number of aliphatic hydroxyl groups excluding tert-OH is 1. The summed E-state index contributed by atoms with van der Waals surface area (Å²) < 4.78 is 33.0. The molecule has 176 valence electrons. The molecular weight excluding hydrogens is 448 g/mol. The molecule has 5 rings (SSSR count). The molecule has 0 unspecified atom stereocenters. The van der Waals surface area contributed by atoms with Gasteiger partial charge in [-0.1, -0.05) is 12.1 Å². The van der Waals surface area contributed by atoms with Crippen LogP contribution in [0.1, 0.15) is 32.3 Å². The van der Waals surface area contributed by atoms with Gasteiger partial charge in [-0.25, -0.2) is 20.1 Å². The molecule has 1 aliphatic carbocycles. The average Bonchev–Trinajstić information content (AvgIpc) is 3.39. The molecule has 2 aromatic heterocycles. The van der Waals surface area contributed by atoms with E-state index in [9.17, 15) is 13.5 Å². The summed E-state index contributed by atoms with van der Waals surface area (Å²) in [7, 11) is -4.05. The standard InChI is InChI=1S/C21H26N6O5S/c1-21(2)8-11-4-3-5-14(17(11)32-21)18-26-16-19(23-10-24-20(16)27-18)25-13-6-12(15(28)7-13)9-31-33(22,29)30/h3-5,10,12-13,15,28H,6-9H2,1-2H3,(H2,22,29,30)(H2,23,24,25,26,27)/t12-,13+,15-/m0/s1. The van der Waals surface area contributed by atoms with Crippen LogP contribution in [-0.4, -0.2) is 57.8 Å². The number of aromatic nitrogens is 4. The van der Waals surface area contributed by atoms with Gasteiger partial charge in [0, 0.05) is 18.4 Å². The van der Waals surface area contributed by atoms with E-state index in [-0.39, 0.29) is 24.2 Å². The van der Waals surface area contributed by atoms with Crippen molar-refractivity contribution in [1.82, 2.24) is 19.9 Å². The number of hydrogen-bond donors (Lipinski definition) is 4. The van der Waals surface area contributed by atoms with Crippen LogP contribution >= 0.6 is 0 Å². The number of nitrogens with two attached hydrogens (primary N) is 1. The summed E-state index contributed by atoms with van der Waals surface area (Å²) in [6, 6.07) is 5.87. The van der Waals surface area contributed by atoms with Crippen LogP contribution in [0.3, 0.4) is 0 Å². The molecule has 0 amide bonds. The van der Waals surface area contributed by atoms with Gasteiger partial charge in [-0.05, 0) is 38.3 Å². The van der Waals surface area contributed by atoms with E-state index >= 15 is 0 Å². The summed E-state index contributed by atoms with van der Waals surface area (Å²) in [5.41, 5.74) is 2.86. The van der Waals surface area contributed by atoms with E-state index in [2.05, 4.69) is 44.4 Å². The molecule has 3 aromatic rings. The van der Waals surface area contributed by atoms with Crippen LogP contribution in [0, 0.1) is 5.92 Å². The van der Waals surface area contributed by atoms with Gasteiger partial charge in [-0.2, -0.15) is 8.42 Å². The molecule has 2 aliphatic rings. The van der Waals surface area contributed by atoms with Crippen LogP contribution in [0.15, 0.2) is 24.5 Å². The zero-order valence-corrected chi connectivity index (χ0v) is 19.1. The molecule has 0 spiro atoms. The van der Waals surface area contributed by atoms with Crippen LogP contribution < -0.4 is 15.2 Å². The predicted molar refractivity (Wildman–Crippen MR) is 121 cm³/mol. The minimum atomic E-state index is -4.05. The highest BCUT2D eigenvalue weighted by Gasteiger charge is 2.35. The smallest absolute Gasteiger partial charge is 0.333 e. The number of para-hydroxylation sites is 1. The molecule has 11 nitrogen and oxygen atoms in total. The molecule has 5 N–H and O–H groups in total. The van der Waals surface area contributed by atoms with E-state index in [4.69, 9.17) is 14.9 Å². The summed E-state index contributed by atoms with van der Waals surface area (Å²) in [4.78, 5) is 16.7. The number of hydrogen-bond acceptors (Lipinski definition) is 9. The Morgan fingerprint density at radius 3 is 2.94 bits per heavy atom. The van der Waals surface area contributed by atoms with Gasteiger partial charge in [0.1, 0.15) is 23.5 Å². The minimum Gasteiger partial charge on any atom is -0.486 e. The third kappa shape index (κ3) is 4.51. The summed E-state index contributed by atoms with van der Waals surface area (Å²) in [6.07, 6.45) is 2.45. The third-order valence-electron chi connectivity index (χ3n) is 6.07. The van der Waals surface area contributed by atoms with E-state index < -0.39 is 16.4 Å². The summed E-state index contributed by atoms with van der Waals surface area (Å²) in [5, 5.41) is 18.5. The van der Waals surface area contributed by atoms with Crippen LogP contribution in [0.25, 0.3) is 22.6 Å². The van der Waals surface area contributed by atoms with Gasteiger partial charge in [0.15, 0.2) is 17.0 Å². The van der Waals surface area contributed by atoms with Crippen molar-refractivity contribution in [3.05, 3.63) is 30.1 Å². The number of aliphatic hydroxyl groups is 1. The molecule has 0 bridgehead atoms. The number of fused-ring (bicyclic) bond motifs is 2. The number of H-pyrrole nitrogens is 1. The fourth-order valence-corrected chi connectivity index (χ4v) is 5.00. The van der Waals surface area contributed by atoms with Crippen molar-refractivity contribution in [2.45, 2.75) is 50.9 Å². The Bertz CT molecular complexity index is 1310. The fraction of sp³-hybridized carbons (Fsp3) is 0.476. The molecule has 0 saturated heterocycles. The highest BCUT2D eigenvalue weighted by Crippen LogP contribution is 2.42. The number of ether oxygens (including phenoxy) is 1. The lowest BCUT2D eigenvalue weighted by Crippen LogP contribution is -2.24. The average molecular weight is 475 g/mol. The molecule has 1 aliphatic heterocycles. The maximum atomic E-state index is 11.1. The van der Waals surface area contributed by atoms with Crippen molar-refractivity contribution in [1.29, 1.82) is 0 Å². The first-order valence-electron chi connectivity index (χ1n) is 10.7. The van der Waals surface area contributed by atoms with Crippen LogP contribution in [0.5, 0.6) is 5.75 Å². The van der Waals surface area contributed by atoms with Gasteiger partial charge in [-0.15, -0.1) is 0 Å². The van der Waals surface area contributed by atoms with E-state index in [0.29, 0.717) is 35.6 Å². The van der Waals surface area contributed by atoms with Crippen LogP contribution in [0.4, 0.5) is 5.82 Å². The summed E-state index contributed by atoms with van der Waals surface area (Å²) in [5.74, 6) is 1.62. The normalized spacial score (nSPS) is 24.1. The molecule has 3 atom stereocenters. The number of rotatable bonds is 6.